The summed E-state index contributed by atoms with van der Waals surface area (Å²) in [6.07, 6.45) is 0. The van der Waals surface area contributed by atoms with Gasteiger partial charge in [-0.3, -0.25) is 4.79 Å². The lowest BCUT2D eigenvalue weighted by atomic mass is 10.1. The van der Waals surface area contributed by atoms with Crippen LogP contribution in [0.25, 0.3) is 0 Å². The Balaban J connectivity index is 2.09. The summed E-state index contributed by atoms with van der Waals surface area (Å²) in [6.45, 7) is 10.2. The highest BCUT2D eigenvalue weighted by Gasteiger charge is 2.21. The molecule has 0 radical (unpaired) electrons. The van der Waals surface area contributed by atoms with Crippen LogP contribution in [0.2, 0.25) is 0 Å². The van der Waals surface area contributed by atoms with Gasteiger partial charge in [0.2, 0.25) is 10.0 Å². The van der Waals surface area contributed by atoms with Crippen LogP contribution < -0.4 is 5.32 Å². The van der Waals surface area contributed by atoms with Crippen LogP contribution in [-0.2, 0) is 16.6 Å². The van der Waals surface area contributed by atoms with E-state index in [-0.39, 0.29) is 10.8 Å². The lowest BCUT2D eigenvalue weighted by Crippen LogP contribution is -2.30. The van der Waals surface area contributed by atoms with Crippen LogP contribution in [0.5, 0.6) is 0 Å². The zero-order valence-electron chi connectivity index (χ0n) is 15.9. The smallest absolute Gasteiger partial charge is 0.255 e. The first kappa shape index (κ1) is 20.2. The van der Waals surface area contributed by atoms with E-state index in [2.05, 4.69) is 5.32 Å². The highest BCUT2D eigenvalue weighted by molar-refractivity contribution is 7.89. The van der Waals surface area contributed by atoms with Crippen molar-refractivity contribution in [1.29, 1.82) is 0 Å². The van der Waals surface area contributed by atoms with E-state index < -0.39 is 10.0 Å². The molecule has 1 aromatic carbocycles. The fraction of sp³-hybridized carbons (Fsp3) is 0.421. The highest BCUT2D eigenvalue weighted by Crippen LogP contribution is 2.21. The van der Waals surface area contributed by atoms with Crippen molar-refractivity contribution < 1.29 is 17.6 Å². The van der Waals surface area contributed by atoms with Gasteiger partial charge in [0.1, 0.15) is 11.5 Å². The fourth-order valence-electron chi connectivity index (χ4n) is 2.89. The first-order valence-corrected chi connectivity index (χ1v) is 10.1. The Morgan fingerprint density at radius 2 is 1.62 bits per heavy atom. The standard InChI is InChI=1S/C19H26N2O4S/c1-6-21(7-2)26(23,24)17-10-8-16(9-11-17)12-20-19(22)18-13(3)14(4)25-15(18)5/h8-11H,6-7,12H2,1-5H3,(H,20,22). The molecule has 1 amide bonds. The maximum atomic E-state index is 12.5. The average Bonchev–Trinajstić information content (AvgIpc) is 2.86. The van der Waals surface area contributed by atoms with Crippen LogP contribution in [0.4, 0.5) is 0 Å². The SMILES string of the molecule is CCN(CC)S(=O)(=O)c1ccc(CNC(=O)c2c(C)oc(C)c2C)cc1. The van der Waals surface area contributed by atoms with Crippen LogP contribution in [-0.4, -0.2) is 31.7 Å². The number of nitrogens with one attached hydrogen (secondary N) is 1. The van der Waals surface area contributed by atoms with Gasteiger partial charge in [-0.1, -0.05) is 26.0 Å². The summed E-state index contributed by atoms with van der Waals surface area (Å²) in [5.74, 6) is 1.13. The average molecular weight is 378 g/mol. The van der Waals surface area contributed by atoms with Gasteiger partial charge in [0.25, 0.3) is 5.91 Å². The van der Waals surface area contributed by atoms with Crippen molar-refractivity contribution >= 4 is 15.9 Å². The van der Waals surface area contributed by atoms with Crippen molar-refractivity contribution in [2.75, 3.05) is 13.1 Å². The van der Waals surface area contributed by atoms with Crippen molar-refractivity contribution in [3.05, 3.63) is 52.5 Å². The van der Waals surface area contributed by atoms with Gasteiger partial charge >= 0.3 is 0 Å². The molecule has 1 heterocycles. The number of amides is 1. The van der Waals surface area contributed by atoms with E-state index in [4.69, 9.17) is 4.42 Å². The van der Waals surface area contributed by atoms with Crippen molar-refractivity contribution in [3.8, 4) is 0 Å². The molecular weight excluding hydrogens is 352 g/mol. The van der Waals surface area contributed by atoms with Crippen molar-refractivity contribution in [3.63, 3.8) is 0 Å². The van der Waals surface area contributed by atoms with E-state index in [1.807, 2.05) is 27.7 Å². The fourth-order valence-corrected chi connectivity index (χ4v) is 4.35. The quantitative estimate of drug-likeness (QED) is 0.802. The molecule has 7 heteroatoms. The summed E-state index contributed by atoms with van der Waals surface area (Å²) in [4.78, 5) is 12.7. The van der Waals surface area contributed by atoms with E-state index >= 15 is 0 Å². The molecule has 0 atom stereocenters. The number of nitrogens with zero attached hydrogens (tertiary/aromatic N) is 1. The number of benzene rings is 1. The van der Waals surface area contributed by atoms with Crippen molar-refractivity contribution in [1.82, 2.24) is 9.62 Å². The third-order valence-electron chi connectivity index (χ3n) is 4.51. The number of rotatable bonds is 7. The lowest BCUT2D eigenvalue weighted by molar-refractivity contribution is 0.0949. The van der Waals surface area contributed by atoms with Gasteiger partial charge < -0.3 is 9.73 Å². The lowest BCUT2D eigenvalue weighted by Gasteiger charge is -2.18. The van der Waals surface area contributed by atoms with Crippen LogP contribution in [0.1, 0.15) is 46.9 Å². The van der Waals surface area contributed by atoms with Gasteiger partial charge in [-0.25, -0.2) is 8.42 Å². The number of hydrogen-bond donors (Lipinski definition) is 1. The van der Waals surface area contributed by atoms with Gasteiger partial charge in [0, 0.05) is 25.2 Å². The van der Waals surface area contributed by atoms with Crippen LogP contribution in [0.3, 0.4) is 0 Å². The minimum Gasteiger partial charge on any atom is -0.466 e. The normalized spacial score (nSPS) is 11.8. The molecule has 6 nitrogen and oxygen atoms in total. The second kappa shape index (κ2) is 8.05. The van der Waals surface area contributed by atoms with Gasteiger partial charge in [-0.05, 0) is 38.5 Å². The summed E-state index contributed by atoms with van der Waals surface area (Å²) in [5.41, 5.74) is 2.22. The summed E-state index contributed by atoms with van der Waals surface area (Å²) in [7, 11) is -3.47. The maximum absolute atomic E-state index is 12.5. The zero-order valence-corrected chi connectivity index (χ0v) is 16.7. The predicted octanol–water partition coefficient (Wildman–Crippen LogP) is 3.17. The van der Waals surface area contributed by atoms with Gasteiger partial charge in [-0.2, -0.15) is 4.31 Å². The van der Waals surface area contributed by atoms with Crippen LogP contribution in [0, 0.1) is 20.8 Å². The monoisotopic (exact) mass is 378 g/mol. The molecule has 2 rings (SSSR count). The third kappa shape index (κ3) is 3.99. The van der Waals surface area contributed by atoms with Gasteiger partial charge in [-0.15, -0.1) is 0 Å². The number of aryl methyl sites for hydroxylation is 2. The molecule has 0 aliphatic carbocycles. The second-order valence-electron chi connectivity index (χ2n) is 6.13. The first-order valence-electron chi connectivity index (χ1n) is 8.66. The number of carbonyl (C=O) groups excluding carboxylic acids is 1. The van der Waals surface area contributed by atoms with E-state index in [9.17, 15) is 13.2 Å². The van der Waals surface area contributed by atoms with Crippen LogP contribution >= 0.6 is 0 Å². The van der Waals surface area contributed by atoms with Gasteiger partial charge in [0.05, 0.1) is 10.5 Å². The predicted molar refractivity (Wildman–Crippen MR) is 101 cm³/mol. The van der Waals surface area contributed by atoms with E-state index in [0.29, 0.717) is 31.0 Å². The third-order valence-corrected chi connectivity index (χ3v) is 6.57. The molecule has 0 aliphatic heterocycles. The summed E-state index contributed by atoms with van der Waals surface area (Å²) in [5, 5.41) is 2.85. The molecule has 1 aromatic heterocycles. The van der Waals surface area contributed by atoms with E-state index in [1.54, 1.807) is 31.2 Å². The maximum Gasteiger partial charge on any atom is 0.255 e. The largest absolute Gasteiger partial charge is 0.466 e. The first-order chi connectivity index (χ1) is 12.2. The summed E-state index contributed by atoms with van der Waals surface area (Å²) in [6, 6.07) is 6.59. The van der Waals surface area contributed by atoms with Gasteiger partial charge in [0.15, 0.2) is 0 Å². The Hall–Kier alpha value is -2.12. The molecule has 0 unspecified atom stereocenters. The molecule has 0 saturated heterocycles. The zero-order chi connectivity index (χ0) is 19.5. The Kier molecular flexibility index (Phi) is 6.26. The number of furan rings is 1. The molecule has 0 saturated carbocycles. The minimum absolute atomic E-state index is 0.198. The van der Waals surface area contributed by atoms with Crippen LogP contribution in [0.15, 0.2) is 33.6 Å². The Labute approximate surface area is 155 Å². The molecular formula is C19H26N2O4S. The molecule has 142 valence electrons. The molecule has 26 heavy (non-hydrogen) atoms. The Morgan fingerprint density at radius 3 is 2.08 bits per heavy atom. The summed E-state index contributed by atoms with van der Waals surface area (Å²) >= 11 is 0. The number of sulfonamides is 1. The number of hydrogen-bond acceptors (Lipinski definition) is 4. The minimum atomic E-state index is -3.47. The second-order valence-corrected chi connectivity index (χ2v) is 8.07. The topological polar surface area (TPSA) is 79.6 Å². The number of carbonyl (C=O) groups is 1. The molecule has 0 spiro atoms. The van der Waals surface area contributed by atoms with E-state index in [1.165, 1.54) is 4.31 Å². The molecule has 2 aromatic rings. The molecule has 1 N–H and O–H groups in total. The summed E-state index contributed by atoms with van der Waals surface area (Å²) < 4.78 is 31.9. The Bertz CT molecular complexity index is 879. The van der Waals surface area contributed by atoms with Crippen molar-refractivity contribution in [2.24, 2.45) is 0 Å². The van der Waals surface area contributed by atoms with Crippen molar-refractivity contribution in [2.45, 2.75) is 46.1 Å². The highest BCUT2D eigenvalue weighted by atomic mass is 32.2. The molecule has 0 fully saturated rings. The molecule has 0 bridgehead atoms. The molecule has 0 aliphatic rings. The van der Waals surface area contributed by atoms with E-state index in [0.717, 1.165) is 16.9 Å². The Morgan fingerprint density at radius 1 is 1.04 bits per heavy atom.